The number of benzene rings is 1. The van der Waals surface area contributed by atoms with E-state index >= 15 is 0 Å². The summed E-state index contributed by atoms with van der Waals surface area (Å²) in [6.07, 6.45) is 6.25. The summed E-state index contributed by atoms with van der Waals surface area (Å²) >= 11 is 0. The Balaban J connectivity index is 1.79. The number of hydrogen-bond acceptors (Lipinski definition) is 5. The second-order valence-corrected chi connectivity index (χ2v) is 7.28. The van der Waals surface area contributed by atoms with Gasteiger partial charge in [0.2, 0.25) is 0 Å². The lowest BCUT2D eigenvalue weighted by atomic mass is 9.58. The zero-order chi connectivity index (χ0) is 16.8. The minimum atomic E-state index is -0.383. The molecule has 2 fully saturated rings. The Bertz CT molecular complexity index is 654. The largest absolute Gasteiger partial charge is 0.493 e. The zero-order valence-electron chi connectivity index (χ0n) is 14.3. The van der Waals surface area contributed by atoms with Gasteiger partial charge in [-0.25, -0.2) is 0 Å². The second-order valence-electron chi connectivity index (χ2n) is 7.28. The standard InChI is InChI=1S/C19H26N2O3/c1-2-18-4-5-19(23-7-8-24-19)11-14(18)3-6-22-17-10-16(21)13(12-20)9-15(17)18/h9-10,12,14,20H,2-8,11,21H2,1H3/t14-,18+/m0/s1. The molecule has 0 aromatic heterocycles. The smallest absolute Gasteiger partial charge is 0.168 e. The molecule has 1 saturated carbocycles. The van der Waals surface area contributed by atoms with Crippen LogP contribution in [0.4, 0.5) is 5.69 Å². The van der Waals surface area contributed by atoms with Gasteiger partial charge in [0.15, 0.2) is 5.79 Å². The van der Waals surface area contributed by atoms with Crippen LogP contribution in [-0.4, -0.2) is 31.8 Å². The highest BCUT2D eigenvalue weighted by atomic mass is 16.7. The van der Waals surface area contributed by atoms with Crippen LogP contribution in [0.5, 0.6) is 5.75 Å². The Morgan fingerprint density at radius 3 is 2.75 bits per heavy atom. The number of ether oxygens (including phenoxy) is 3. The quantitative estimate of drug-likeness (QED) is 0.644. The van der Waals surface area contributed by atoms with Crippen molar-refractivity contribution >= 4 is 11.9 Å². The zero-order valence-corrected chi connectivity index (χ0v) is 14.3. The van der Waals surface area contributed by atoms with Gasteiger partial charge in [0.1, 0.15) is 5.75 Å². The molecule has 2 atom stereocenters. The van der Waals surface area contributed by atoms with Crippen molar-refractivity contribution in [3.63, 3.8) is 0 Å². The number of nitrogens with one attached hydrogen (secondary N) is 1. The molecule has 2 aliphatic heterocycles. The fourth-order valence-corrected chi connectivity index (χ4v) is 5.00. The van der Waals surface area contributed by atoms with Gasteiger partial charge in [-0.05, 0) is 31.2 Å². The van der Waals surface area contributed by atoms with Crippen LogP contribution in [-0.2, 0) is 14.9 Å². The van der Waals surface area contributed by atoms with Gasteiger partial charge in [0.25, 0.3) is 0 Å². The molecule has 4 rings (SSSR count). The molecule has 3 N–H and O–H groups in total. The first-order valence-corrected chi connectivity index (χ1v) is 8.98. The molecule has 1 aromatic rings. The summed E-state index contributed by atoms with van der Waals surface area (Å²) in [5.41, 5.74) is 8.74. The third kappa shape index (κ3) is 2.25. The highest BCUT2D eigenvalue weighted by Gasteiger charge is 2.53. The van der Waals surface area contributed by atoms with Gasteiger partial charge < -0.3 is 25.4 Å². The lowest BCUT2D eigenvalue weighted by Gasteiger charge is -2.49. The van der Waals surface area contributed by atoms with E-state index in [9.17, 15) is 0 Å². The summed E-state index contributed by atoms with van der Waals surface area (Å²) < 4.78 is 18.0. The lowest BCUT2D eigenvalue weighted by Crippen LogP contribution is -2.48. The highest BCUT2D eigenvalue weighted by Crippen LogP contribution is 2.56. The van der Waals surface area contributed by atoms with E-state index in [0.717, 1.165) is 43.4 Å². The van der Waals surface area contributed by atoms with Crippen LogP contribution in [0.3, 0.4) is 0 Å². The summed E-state index contributed by atoms with van der Waals surface area (Å²) in [5.74, 6) is 0.968. The van der Waals surface area contributed by atoms with E-state index in [0.29, 0.717) is 31.4 Å². The number of hydrogen-bond donors (Lipinski definition) is 2. The number of rotatable bonds is 2. The van der Waals surface area contributed by atoms with E-state index in [4.69, 9.17) is 25.4 Å². The van der Waals surface area contributed by atoms with Gasteiger partial charge >= 0.3 is 0 Å². The van der Waals surface area contributed by atoms with Gasteiger partial charge in [0.05, 0.1) is 19.8 Å². The minimum Gasteiger partial charge on any atom is -0.493 e. The predicted octanol–water partition coefficient (Wildman–Crippen LogP) is 3.24. The molecule has 5 heteroatoms. The highest BCUT2D eigenvalue weighted by molar-refractivity contribution is 5.86. The van der Waals surface area contributed by atoms with Crippen molar-refractivity contribution in [1.29, 1.82) is 5.41 Å². The third-order valence-electron chi connectivity index (χ3n) is 6.34. The van der Waals surface area contributed by atoms with Crippen LogP contribution in [0.25, 0.3) is 0 Å². The first-order valence-electron chi connectivity index (χ1n) is 8.98. The number of fused-ring (bicyclic) bond motifs is 3. The first-order chi connectivity index (χ1) is 11.6. The van der Waals surface area contributed by atoms with Crippen molar-refractivity contribution in [3.8, 4) is 5.75 Å². The third-order valence-corrected chi connectivity index (χ3v) is 6.34. The molecule has 1 aromatic carbocycles. The molecule has 0 bridgehead atoms. The maximum atomic E-state index is 7.65. The van der Waals surface area contributed by atoms with Crippen LogP contribution in [0.2, 0.25) is 0 Å². The summed E-state index contributed by atoms with van der Waals surface area (Å²) in [5, 5.41) is 7.65. The summed E-state index contributed by atoms with van der Waals surface area (Å²) in [6, 6.07) is 3.98. The van der Waals surface area contributed by atoms with Crippen molar-refractivity contribution in [2.75, 3.05) is 25.6 Å². The predicted molar refractivity (Wildman–Crippen MR) is 92.8 cm³/mol. The molecule has 1 saturated heterocycles. The van der Waals surface area contributed by atoms with Gasteiger partial charge in [-0.3, -0.25) is 0 Å². The molecule has 2 heterocycles. The van der Waals surface area contributed by atoms with Crippen molar-refractivity contribution in [2.24, 2.45) is 5.92 Å². The van der Waals surface area contributed by atoms with Gasteiger partial charge in [-0.2, -0.15) is 0 Å². The topological polar surface area (TPSA) is 77.6 Å². The first kappa shape index (κ1) is 15.9. The molecule has 0 unspecified atom stereocenters. The van der Waals surface area contributed by atoms with Gasteiger partial charge in [-0.1, -0.05) is 6.92 Å². The molecule has 1 spiro atoms. The number of nitrogen functional groups attached to an aromatic ring is 1. The van der Waals surface area contributed by atoms with E-state index < -0.39 is 0 Å². The summed E-state index contributed by atoms with van der Waals surface area (Å²) in [7, 11) is 0. The van der Waals surface area contributed by atoms with Gasteiger partial charge in [0, 0.05) is 47.4 Å². The Kier molecular flexibility index (Phi) is 3.81. The van der Waals surface area contributed by atoms with E-state index in [2.05, 4.69) is 13.0 Å². The molecule has 3 aliphatic rings. The molecule has 130 valence electrons. The Labute approximate surface area is 143 Å². The molecule has 1 aliphatic carbocycles. The maximum Gasteiger partial charge on any atom is 0.168 e. The van der Waals surface area contributed by atoms with Crippen molar-refractivity contribution in [2.45, 2.75) is 50.2 Å². The van der Waals surface area contributed by atoms with E-state index in [1.807, 2.05) is 6.07 Å². The molecular weight excluding hydrogens is 304 g/mol. The van der Waals surface area contributed by atoms with Crippen LogP contribution in [0, 0.1) is 11.3 Å². The van der Waals surface area contributed by atoms with E-state index in [1.165, 1.54) is 11.8 Å². The Morgan fingerprint density at radius 2 is 2.04 bits per heavy atom. The minimum absolute atomic E-state index is 0.0534. The molecular formula is C19H26N2O3. The fourth-order valence-electron chi connectivity index (χ4n) is 5.00. The average Bonchev–Trinajstić information content (AvgIpc) is 2.98. The number of nitrogens with two attached hydrogens (primary N) is 1. The number of anilines is 1. The van der Waals surface area contributed by atoms with Crippen molar-refractivity contribution in [1.82, 2.24) is 0 Å². The normalized spacial score (nSPS) is 31.0. The van der Waals surface area contributed by atoms with Crippen molar-refractivity contribution < 1.29 is 14.2 Å². The lowest BCUT2D eigenvalue weighted by molar-refractivity contribution is -0.199. The maximum absolute atomic E-state index is 7.65. The van der Waals surface area contributed by atoms with Crippen LogP contribution >= 0.6 is 0 Å². The Morgan fingerprint density at radius 1 is 1.25 bits per heavy atom. The van der Waals surface area contributed by atoms with Crippen LogP contribution in [0.1, 0.15) is 50.2 Å². The monoisotopic (exact) mass is 330 g/mol. The van der Waals surface area contributed by atoms with Crippen LogP contribution < -0.4 is 10.5 Å². The molecule has 5 nitrogen and oxygen atoms in total. The molecule has 0 radical (unpaired) electrons. The average molecular weight is 330 g/mol. The fraction of sp³-hybridized carbons (Fsp3) is 0.632. The summed E-state index contributed by atoms with van der Waals surface area (Å²) in [4.78, 5) is 0. The van der Waals surface area contributed by atoms with Crippen molar-refractivity contribution in [3.05, 3.63) is 23.3 Å². The summed E-state index contributed by atoms with van der Waals surface area (Å²) in [6.45, 7) is 4.36. The molecule has 0 amide bonds. The Hall–Kier alpha value is -1.59. The van der Waals surface area contributed by atoms with Crippen LogP contribution in [0.15, 0.2) is 12.1 Å². The van der Waals surface area contributed by atoms with E-state index in [1.54, 1.807) is 0 Å². The van der Waals surface area contributed by atoms with E-state index in [-0.39, 0.29) is 11.2 Å². The SMILES string of the molecule is CC[C@@]12CCC3(C[C@@H]1CCOc1cc(N)c(C=N)cc12)OCCO3. The second kappa shape index (κ2) is 5.74. The molecule has 24 heavy (non-hydrogen) atoms. The van der Waals surface area contributed by atoms with Gasteiger partial charge in [-0.15, -0.1) is 0 Å².